The molecule has 0 aromatic heterocycles. The van der Waals surface area contributed by atoms with Crippen LogP contribution in [0.25, 0.3) is 0 Å². The highest BCUT2D eigenvalue weighted by Gasteiger charge is 2.44. The molecule has 0 radical (unpaired) electrons. The second-order valence-corrected chi connectivity index (χ2v) is 7.40. The Bertz CT molecular complexity index is 267. The standard InChI is InChI=1S/C12H24O5Si/c1-7-17-12(13)10(2)8-9-11(3)18(14-4,15-5)16-6/h11H,2,7-9H2,1,3-6H3. The fourth-order valence-electron chi connectivity index (χ4n) is 1.76. The van der Waals surface area contributed by atoms with Crippen molar-refractivity contribution in [3.8, 4) is 0 Å². The Morgan fingerprint density at radius 2 is 1.72 bits per heavy atom. The summed E-state index contributed by atoms with van der Waals surface area (Å²) in [5.41, 5.74) is 0.554. The van der Waals surface area contributed by atoms with Crippen LogP contribution < -0.4 is 0 Å². The molecule has 0 aromatic carbocycles. The largest absolute Gasteiger partial charge is 0.503 e. The summed E-state index contributed by atoms with van der Waals surface area (Å²) in [6, 6.07) is 0. The zero-order valence-electron chi connectivity index (χ0n) is 11.9. The lowest BCUT2D eigenvalue weighted by Gasteiger charge is -2.30. The zero-order chi connectivity index (χ0) is 14.2. The van der Waals surface area contributed by atoms with E-state index in [1.807, 2.05) is 6.92 Å². The predicted octanol–water partition coefficient (Wildman–Crippen LogP) is 2.15. The van der Waals surface area contributed by atoms with Gasteiger partial charge in [0.1, 0.15) is 0 Å². The molecule has 106 valence electrons. The van der Waals surface area contributed by atoms with Crippen LogP contribution in [0, 0.1) is 0 Å². The summed E-state index contributed by atoms with van der Waals surface area (Å²) < 4.78 is 21.0. The van der Waals surface area contributed by atoms with Gasteiger partial charge in [0.05, 0.1) is 6.61 Å². The van der Waals surface area contributed by atoms with Gasteiger partial charge in [0.2, 0.25) is 0 Å². The van der Waals surface area contributed by atoms with E-state index in [1.165, 1.54) is 0 Å². The molecule has 1 atom stereocenters. The van der Waals surface area contributed by atoms with Crippen LogP contribution in [0.2, 0.25) is 5.54 Å². The molecule has 0 heterocycles. The summed E-state index contributed by atoms with van der Waals surface area (Å²) in [7, 11) is 2.10. The van der Waals surface area contributed by atoms with Crippen LogP contribution in [0.1, 0.15) is 26.7 Å². The molecule has 0 bridgehead atoms. The number of esters is 1. The SMILES string of the molecule is C=C(CCC(C)[Si](OC)(OC)OC)C(=O)OCC. The van der Waals surface area contributed by atoms with Crippen LogP contribution in [0.4, 0.5) is 0 Å². The maximum absolute atomic E-state index is 11.4. The molecule has 0 aliphatic heterocycles. The monoisotopic (exact) mass is 276 g/mol. The Hall–Kier alpha value is -0.693. The topological polar surface area (TPSA) is 54.0 Å². The van der Waals surface area contributed by atoms with Gasteiger partial charge >= 0.3 is 14.8 Å². The Kier molecular flexibility index (Phi) is 8.09. The lowest BCUT2D eigenvalue weighted by Crippen LogP contribution is -2.46. The number of hydrogen-bond donors (Lipinski definition) is 0. The first-order valence-corrected chi connectivity index (χ1v) is 7.77. The van der Waals surface area contributed by atoms with E-state index < -0.39 is 8.80 Å². The molecule has 0 amide bonds. The van der Waals surface area contributed by atoms with E-state index in [1.54, 1.807) is 28.3 Å². The molecule has 0 N–H and O–H groups in total. The van der Waals surface area contributed by atoms with Gasteiger partial charge in [-0.15, -0.1) is 0 Å². The Morgan fingerprint density at radius 3 is 2.11 bits per heavy atom. The first kappa shape index (κ1) is 17.3. The van der Waals surface area contributed by atoms with Crippen molar-refractivity contribution >= 4 is 14.8 Å². The molecule has 0 spiro atoms. The van der Waals surface area contributed by atoms with Crippen molar-refractivity contribution < 1.29 is 22.8 Å². The van der Waals surface area contributed by atoms with Crippen molar-refractivity contribution in [1.29, 1.82) is 0 Å². The highest BCUT2D eigenvalue weighted by atomic mass is 28.4. The maximum atomic E-state index is 11.4. The van der Waals surface area contributed by atoms with Crippen LogP contribution in [0.15, 0.2) is 12.2 Å². The van der Waals surface area contributed by atoms with Gasteiger partial charge in [-0.1, -0.05) is 13.5 Å². The molecule has 0 aliphatic carbocycles. The Morgan fingerprint density at radius 1 is 1.22 bits per heavy atom. The van der Waals surface area contributed by atoms with Gasteiger partial charge in [0.15, 0.2) is 0 Å². The zero-order valence-corrected chi connectivity index (χ0v) is 12.9. The smallest absolute Gasteiger partial charge is 0.463 e. The van der Waals surface area contributed by atoms with Gasteiger partial charge in [-0.05, 0) is 19.8 Å². The van der Waals surface area contributed by atoms with E-state index in [0.717, 1.165) is 0 Å². The van der Waals surface area contributed by atoms with Crippen LogP contribution in [-0.2, 0) is 22.8 Å². The molecule has 0 saturated heterocycles. The highest BCUT2D eigenvalue weighted by molar-refractivity contribution is 6.62. The summed E-state index contributed by atoms with van der Waals surface area (Å²) in [6.07, 6.45) is 1.25. The minimum atomic E-state index is -2.63. The predicted molar refractivity (Wildman–Crippen MR) is 71.2 cm³/mol. The minimum absolute atomic E-state index is 0.0867. The summed E-state index contributed by atoms with van der Waals surface area (Å²) in [5, 5.41) is 0. The van der Waals surface area contributed by atoms with Gasteiger partial charge in [-0.25, -0.2) is 4.79 Å². The van der Waals surface area contributed by atoms with Gasteiger partial charge in [-0.2, -0.15) is 0 Å². The van der Waals surface area contributed by atoms with Gasteiger partial charge < -0.3 is 18.0 Å². The summed E-state index contributed by atoms with van der Waals surface area (Å²) in [5.74, 6) is -0.343. The van der Waals surface area contributed by atoms with E-state index in [2.05, 4.69) is 6.58 Å². The number of ether oxygens (including phenoxy) is 1. The molecule has 18 heavy (non-hydrogen) atoms. The molecule has 1 unspecified atom stereocenters. The average Bonchev–Trinajstić information content (AvgIpc) is 2.38. The van der Waals surface area contributed by atoms with E-state index in [9.17, 15) is 4.79 Å². The van der Waals surface area contributed by atoms with Crippen LogP contribution >= 0.6 is 0 Å². The van der Waals surface area contributed by atoms with Gasteiger partial charge in [0, 0.05) is 32.4 Å². The van der Waals surface area contributed by atoms with Gasteiger partial charge in [0.25, 0.3) is 0 Å². The van der Waals surface area contributed by atoms with Crippen molar-refractivity contribution in [2.45, 2.75) is 32.2 Å². The first-order chi connectivity index (χ1) is 8.47. The number of carbonyl (C=O) groups excluding carboxylic acids is 1. The van der Waals surface area contributed by atoms with Crippen molar-refractivity contribution in [2.75, 3.05) is 27.9 Å². The van der Waals surface area contributed by atoms with E-state index in [4.69, 9.17) is 18.0 Å². The third kappa shape index (κ3) is 4.53. The second-order valence-electron chi connectivity index (χ2n) is 3.98. The van der Waals surface area contributed by atoms with Crippen LogP contribution in [-0.4, -0.2) is 42.7 Å². The van der Waals surface area contributed by atoms with Crippen LogP contribution in [0.5, 0.6) is 0 Å². The Balaban J connectivity index is 4.36. The first-order valence-electron chi connectivity index (χ1n) is 5.97. The fourth-order valence-corrected chi connectivity index (χ4v) is 3.96. The normalized spacial score (nSPS) is 13.2. The minimum Gasteiger partial charge on any atom is -0.463 e. The molecule has 0 fully saturated rings. The molecule has 0 saturated carbocycles. The van der Waals surface area contributed by atoms with Crippen molar-refractivity contribution in [1.82, 2.24) is 0 Å². The fraction of sp³-hybridized carbons (Fsp3) is 0.750. The van der Waals surface area contributed by atoms with Crippen molar-refractivity contribution in [2.24, 2.45) is 0 Å². The van der Waals surface area contributed by atoms with Crippen LogP contribution in [0.3, 0.4) is 0 Å². The summed E-state index contributed by atoms with van der Waals surface area (Å²) in [4.78, 5) is 11.4. The second kappa shape index (κ2) is 8.42. The number of rotatable bonds is 9. The van der Waals surface area contributed by atoms with E-state index in [0.29, 0.717) is 25.0 Å². The van der Waals surface area contributed by atoms with Crippen molar-refractivity contribution in [3.63, 3.8) is 0 Å². The van der Waals surface area contributed by atoms with E-state index in [-0.39, 0.29) is 11.5 Å². The number of hydrogen-bond acceptors (Lipinski definition) is 5. The third-order valence-electron chi connectivity index (χ3n) is 2.90. The molecular formula is C12H24O5Si. The lowest BCUT2D eigenvalue weighted by atomic mass is 10.1. The molecule has 5 nitrogen and oxygen atoms in total. The number of carbonyl (C=O) groups is 1. The lowest BCUT2D eigenvalue weighted by molar-refractivity contribution is -0.138. The summed E-state index contributed by atoms with van der Waals surface area (Å²) in [6.45, 7) is 7.84. The highest BCUT2D eigenvalue weighted by Crippen LogP contribution is 2.29. The third-order valence-corrected chi connectivity index (χ3v) is 6.10. The van der Waals surface area contributed by atoms with Crippen molar-refractivity contribution in [3.05, 3.63) is 12.2 Å². The maximum Gasteiger partial charge on any atom is 0.503 e. The molecule has 6 heteroatoms. The quantitative estimate of drug-likeness (QED) is 0.367. The Labute approximate surface area is 110 Å². The molecule has 0 rings (SSSR count). The average molecular weight is 276 g/mol. The molecule has 0 aromatic rings. The molecular weight excluding hydrogens is 252 g/mol. The van der Waals surface area contributed by atoms with E-state index >= 15 is 0 Å². The summed E-state index contributed by atoms with van der Waals surface area (Å²) >= 11 is 0. The molecule has 0 aliphatic rings. The van der Waals surface area contributed by atoms with Gasteiger partial charge in [-0.3, -0.25) is 0 Å².